The molecule has 1 aliphatic rings. The molecule has 31 heavy (non-hydrogen) atoms. The van der Waals surface area contributed by atoms with Crippen molar-refractivity contribution in [1.82, 2.24) is 0 Å². The maximum absolute atomic E-state index is 13.1. The predicted octanol–water partition coefficient (Wildman–Crippen LogP) is 5.55. The molecule has 1 atom stereocenters. The largest absolute Gasteiger partial charge is 0.503 e. The molecule has 2 aromatic rings. The van der Waals surface area contributed by atoms with Crippen LogP contribution >= 0.6 is 0 Å². The first-order valence-electron chi connectivity index (χ1n) is 10.8. The van der Waals surface area contributed by atoms with Crippen LogP contribution in [0.3, 0.4) is 0 Å². The minimum Gasteiger partial charge on any atom is -0.503 e. The summed E-state index contributed by atoms with van der Waals surface area (Å²) in [5.74, 6) is 0.0286. The fourth-order valence-corrected chi connectivity index (χ4v) is 3.74. The van der Waals surface area contributed by atoms with Crippen molar-refractivity contribution in [2.75, 3.05) is 11.5 Å². The van der Waals surface area contributed by atoms with Gasteiger partial charge < -0.3 is 9.84 Å². The molecule has 0 saturated heterocycles. The van der Waals surface area contributed by atoms with Crippen molar-refractivity contribution in [2.45, 2.75) is 47.1 Å². The molecule has 0 fully saturated rings. The molecule has 0 aliphatic carbocycles. The Hall–Kier alpha value is -3.08. The number of aliphatic hydroxyl groups excluding tert-OH is 1. The third kappa shape index (κ3) is 4.98. The van der Waals surface area contributed by atoms with Crippen molar-refractivity contribution >= 4 is 17.4 Å². The van der Waals surface area contributed by atoms with Gasteiger partial charge in [0.05, 0.1) is 18.2 Å². The summed E-state index contributed by atoms with van der Waals surface area (Å²) >= 11 is 0. The van der Waals surface area contributed by atoms with Gasteiger partial charge in [-0.2, -0.15) is 0 Å². The molecule has 1 amide bonds. The Morgan fingerprint density at radius 3 is 2.32 bits per heavy atom. The zero-order chi connectivity index (χ0) is 22.7. The molecule has 1 N–H and O–H groups in total. The molecule has 5 nitrogen and oxygen atoms in total. The Morgan fingerprint density at radius 1 is 1.06 bits per heavy atom. The normalized spacial score (nSPS) is 16.5. The van der Waals surface area contributed by atoms with Crippen LogP contribution in [0, 0.1) is 18.8 Å². The summed E-state index contributed by atoms with van der Waals surface area (Å²) in [7, 11) is 0. The summed E-state index contributed by atoms with van der Waals surface area (Å²) < 4.78 is 5.77. The molecule has 1 aliphatic heterocycles. The molecular formula is C26H31NO4. The second-order valence-corrected chi connectivity index (χ2v) is 8.97. The lowest BCUT2D eigenvalue weighted by atomic mass is 9.92. The van der Waals surface area contributed by atoms with E-state index in [2.05, 4.69) is 13.8 Å². The molecule has 0 radical (unpaired) electrons. The Bertz CT molecular complexity index is 989. The van der Waals surface area contributed by atoms with E-state index in [0.29, 0.717) is 18.2 Å². The lowest BCUT2D eigenvalue weighted by Gasteiger charge is -2.27. The van der Waals surface area contributed by atoms with Gasteiger partial charge in [-0.3, -0.25) is 14.5 Å². The van der Waals surface area contributed by atoms with Gasteiger partial charge in [0, 0.05) is 12.1 Å². The lowest BCUT2D eigenvalue weighted by molar-refractivity contribution is -0.118. The number of carbonyl (C=O) groups excluding carboxylic acids is 2. The van der Waals surface area contributed by atoms with Gasteiger partial charge in [0.1, 0.15) is 5.75 Å². The first kappa shape index (κ1) is 22.6. The standard InChI is InChI=1S/C26H31NO4/c1-16(2)13-22(28)23-24(19-9-11-21(12-10-19)31-15-17(3)4)27(26(30)25(23)29)20-8-6-7-18(5)14-20/h6-12,14,16-17,24,29H,13,15H2,1-5H3. The Kier molecular flexibility index (Phi) is 6.84. The van der Waals surface area contributed by atoms with Crippen LogP contribution in [0.4, 0.5) is 5.69 Å². The first-order valence-corrected chi connectivity index (χ1v) is 10.8. The van der Waals surface area contributed by atoms with Crippen molar-refractivity contribution in [1.29, 1.82) is 0 Å². The highest BCUT2D eigenvalue weighted by atomic mass is 16.5. The average molecular weight is 422 g/mol. The monoisotopic (exact) mass is 421 g/mol. The van der Waals surface area contributed by atoms with Crippen molar-refractivity contribution in [3.8, 4) is 5.75 Å². The van der Waals surface area contributed by atoms with Crippen molar-refractivity contribution in [3.05, 3.63) is 71.0 Å². The van der Waals surface area contributed by atoms with Gasteiger partial charge in [0.25, 0.3) is 5.91 Å². The number of ketones is 1. The van der Waals surface area contributed by atoms with E-state index < -0.39 is 17.7 Å². The van der Waals surface area contributed by atoms with Crippen molar-refractivity contribution in [3.63, 3.8) is 0 Å². The van der Waals surface area contributed by atoms with Crippen LogP contribution in [-0.4, -0.2) is 23.4 Å². The van der Waals surface area contributed by atoms with E-state index >= 15 is 0 Å². The number of aliphatic hydroxyl groups is 1. The third-order valence-electron chi connectivity index (χ3n) is 5.16. The number of aryl methyl sites for hydroxylation is 1. The molecule has 5 heteroatoms. The van der Waals surface area contributed by atoms with Crippen molar-refractivity contribution in [2.24, 2.45) is 11.8 Å². The number of nitrogens with zero attached hydrogens (tertiary/aromatic N) is 1. The van der Waals surface area contributed by atoms with Crippen LogP contribution in [0.5, 0.6) is 5.75 Å². The van der Waals surface area contributed by atoms with E-state index in [4.69, 9.17) is 4.74 Å². The van der Waals surface area contributed by atoms with Crippen LogP contribution in [0.25, 0.3) is 0 Å². The summed E-state index contributed by atoms with van der Waals surface area (Å²) in [6, 6.07) is 14.2. The summed E-state index contributed by atoms with van der Waals surface area (Å²) in [6.07, 6.45) is 0.264. The van der Waals surface area contributed by atoms with Gasteiger partial charge in [0.15, 0.2) is 11.5 Å². The third-order valence-corrected chi connectivity index (χ3v) is 5.16. The van der Waals surface area contributed by atoms with Crippen LogP contribution < -0.4 is 9.64 Å². The fourth-order valence-electron chi connectivity index (χ4n) is 3.74. The van der Waals surface area contributed by atoms with Gasteiger partial charge in [-0.15, -0.1) is 0 Å². The van der Waals surface area contributed by atoms with E-state index in [1.165, 1.54) is 4.90 Å². The van der Waals surface area contributed by atoms with Gasteiger partial charge >= 0.3 is 0 Å². The van der Waals surface area contributed by atoms with E-state index in [0.717, 1.165) is 16.9 Å². The molecule has 1 unspecified atom stereocenters. The summed E-state index contributed by atoms with van der Waals surface area (Å²) in [4.78, 5) is 27.7. The number of amides is 1. The molecule has 0 spiro atoms. The highest BCUT2D eigenvalue weighted by Crippen LogP contribution is 2.42. The number of hydrogen-bond donors (Lipinski definition) is 1. The molecule has 1 heterocycles. The molecule has 3 rings (SSSR count). The predicted molar refractivity (Wildman–Crippen MR) is 122 cm³/mol. The molecule has 0 aromatic heterocycles. The second-order valence-electron chi connectivity index (χ2n) is 8.97. The Balaban J connectivity index is 2.04. The van der Waals surface area contributed by atoms with E-state index in [9.17, 15) is 14.7 Å². The topological polar surface area (TPSA) is 66.8 Å². The number of anilines is 1. The Labute approximate surface area is 184 Å². The van der Waals surface area contributed by atoms with Gasteiger partial charge in [-0.05, 0) is 54.2 Å². The van der Waals surface area contributed by atoms with E-state index in [1.54, 1.807) is 0 Å². The smallest absolute Gasteiger partial charge is 0.294 e. The maximum atomic E-state index is 13.1. The highest BCUT2D eigenvalue weighted by Gasteiger charge is 2.44. The SMILES string of the molecule is Cc1cccc(N2C(=O)C(O)=C(C(=O)CC(C)C)C2c2ccc(OCC(C)C)cc2)c1. The number of hydrogen-bond acceptors (Lipinski definition) is 4. The number of rotatable bonds is 8. The highest BCUT2D eigenvalue weighted by molar-refractivity contribution is 6.16. The number of carbonyl (C=O) groups is 2. The average Bonchev–Trinajstić information content (AvgIpc) is 2.97. The first-order chi connectivity index (χ1) is 14.7. The Morgan fingerprint density at radius 2 is 1.74 bits per heavy atom. The molecule has 164 valence electrons. The summed E-state index contributed by atoms with van der Waals surface area (Å²) in [6.45, 7) is 10.6. The maximum Gasteiger partial charge on any atom is 0.294 e. The van der Waals surface area contributed by atoms with Gasteiger partial charge in [-0.25, -0.2) is 0 Å². The van der Waals surface area contributed by atoms with E-state index in [-0.39, 0.29) is 23.7 Å². The van der Waals surface area contributed by atoms with E-state index in [1.807, 2.05) is 69.3 Å². The van der Waals surface area contributed by atoms with Crippen LogP contribution in [0.2, 0.25) is 0 Å². The second kappa shape index (κ2) is 9.38. The van der Waals surface area contributed by atoms with Crippen LogP contribution in [0.15, 0.2) is 59.9 Å². The number of ether oxygens (including phenoxy) is 1. The molecule has 0 bridgehead atoms. The molecular weight excluding hydrogens is 390 g/mol. The van der Waals surface area contributed by atoms with Crippen LogP contribution in [-0.2, 0) is 9.59 Å². The fraction of sp³-hybridized carbons (Fsp3) is 0.385. The van der Waals surface area contributed by atoms with Gasteiger partial charge in [-0.1, -0.05) is 52.0 Å². The minimum atomic E-state index is -0.681. The summed E-state index contributed by atoms with van der Waals surface area (Å²) in [5, 5.41) is 10.7. The minimum absolute atomic E-state index is 0.114. The number of Topliss-reactive ketones (excluding diaryl/α,β-unsaturated/α-hetero) is 1. The van der Waals surface area contributed by atoms with Crippen LogP contribution in [0.1, 0.15) is 51.3 Å². The summed E-state index contributed by atoms with van der Waals surface area (Å²) in [5.41, 5.74) is 2.55. The van der Waals surface area contributed by atoms with Crippen molar-refractivity contribution < 1.29 is 19.4 Å². The number of benzene rings is 2. The zero-order valence-electron chi connectivity index (χ0n) is 18.9. The molecule has 0 saturated carbocycles. The van der Waals surface area contributed by atoms with Gasteiger partial charge in [0.2, 0.25) is 0 Å². The quantitative estimate of drug-likeness (QED) is 0.607. The molecule has 2 aromatic carbocycles. The zero-order valence-corrected chi connectivity index (χ0v) is 18.9. The lowest BCUT2D eigenvalue weighted by Crippen LogP contribution is -2.31.